The van der Waals surface area contributed by atoms with E-state index in [1.165, 1.54) is 19.3 Å². The van der Waals surface area contributed by atoms with Gasteiger partial charge in [0.1, 0.15) is 0 Å². The minimum Gasteiger partial charge on any atom is -0.350 e. The van der Waals surface area contributed by atoms with Gasteiger partial charge in [-0.3, -0.25) is 14.7 Å². The second kappa shape index (κ2) is 6.66. The number of hydrogen-bond donors (Lipinski definition) is 1. The number of piperidine rings is 1. The number of carbonyl (C=O) groups is 1. The molecule has 0 spiro atoms. The van der Waals surface area contributed by atoms with E-state index < -0.39 is 0 Å². The van der Waals surface area contributed by atoms with Crippen LogP contribution in [0.2, 0.25) is 0 Å². The molecule has 0 radical (unpaired) electrons. The number of pyridine rings is 1. The molecular formula is C15H23N3O. The van der Waals surface area contributed by atoms with Crippen LogP contribution >= 0.6 is 0 Å². The first-order chi connectivity index (χ1) is 9.18. The van der Waals surface area contributed by atoms with Gasteiger partial charge in [-0.1, -0.05) is 6.42 Å². The standard InChI is InChI=1S/C15H23N3O/c1-12-5-3-4-10-18(12)13(2)11-17-15(19)14-6-8-16-9-7-14/h6-9,12-13H,3-5,10-11H2,1-2H3,(H,17,19)/t12-,13+/m0/s1. The van der Waals surface area contributed by atoms with Gasteiger partial charge in [0.15, 0.2) is 0 Å². The lowest BCUT2D eigenvalue weighted by Crippen LogP contribution is -2.48. The van der Waals surface area contributed by atoms with Crippen LogP contribution in [-0.4, -0.2) is 41.0 Å². The summed E-state index contributed by atoms with van der Waals surface area (Å²) in [6.07, 6.45) is 7.15. The second-order valence-corrected chi connectivity index (χ2v) is 5.38. The highest BCUT2D eigenvalue weighted by atomic mass is 16.1. The molecule has 1 aliphatic heterocycles. The van der Waals surface area contributed by atoms with Crippen molar-refractivity contribution >= 4 is 5.91 Å². The average Bonchev–Trinajstić information content (AvgIpc) is 2.46. The molecule has 0 saturated carbocycles. The SMILES string of the molecule is C[C@H](CNC(=O)c1ccncc1)N1CCCC[C@@H]1C. The van der Waals surface area contributed by atoms with Crippen molar-refractivity contribution in [2.24, 2.45) is 0 Å². The number of nitrogens with zero attached hydrogens (tertiary/aromatic N) is 2. The lowest BCUT2D eigenvalue weighted by molar-refractivity contribution is 0.0886. The Labute approximate surface area is 115 Å². The molecule has 1 aliphatic rings. The topological polar surface area (TPSA) is 45.2 Å². The molecule has 104 valence electrons. The van der Waals surface area contributed by atoms with Gasteiger partial charge in [0.25, 0.3) is 5.91 Å². The van der Waals surface area contributed by atoms with Gasteiger partial charge in [-0.05, 0) is 45.4 Å². The number of carbonyl (C=O) groups excluding carboxylic acids is 1. The van der Waals surface area contributed by atoms with Crippen LogP contribution in [0, 0.1) is 0 Å². The Hall–Kier alpha value is -1.42. The van der Waals surface area contributed by atoms with Crippen molar-refractivity contribution in [1.29, 1.82) is 0 Å². The Balaban J connectivity index is 1.83. The first-order valence-electron chi connectivity index (χ1n) is 7.12. The normalized spacial score (nSPS) is 21.9. The van der Waals surface area contributed by atoms with Gasteiger partial charge in [-0.15, -0.1) is 0 Å². The van der Waals surface area contributed by atoms with Crippen molar-refractivity contribution in [2.45, 2.75) is 45.2 Å². The number of nitrogens with one attached hydrogen (secondary N) is 1. The van der Waals surface area contributed by atoms with Crippen molar-refractivity contribution in [2.75, 3.05) is 13.1 Å². The number of likely N-dealkylation sites (tertiary alicyclic amines) is 1. The Kier molecular flexibility index (Phi) is 4.91. The molecule has 1 aromatic heterocycles. The Morgan fingerprint density at radius 2 is 2.21 bits per heavy atom. The first-order valence-corrected chi connectivity index (χ1v) is 7.12. The van der Waals surface area contributed by atoms with E-state index in [4.69, 9.17) is 0 Å². The van der Waals surface area contributed by atoms with Crippen molar-refractivity contribution < 1.29 is 4.79 Å². The number of hydrogen-bond acceptors (Lipinski definition) is 3. The van der Waals surface area contributed by atoms with E-state index in [1.54, 1.807) is 24.5 Å². The summed E-state index contributed by atoms with van der Waals surface area (Å²) in [6, 6.07) is 4.50. The molecule has 1 aromatic rings. The summed E-state index contributed by atoms with van der Waals surface area (Å²) in [6.45, 7) is 6.31. The lowest BCUT2D eigenvalue weighted by Gasteiger charge is -2.38. The largest absolute Gasteiger partial charge is 0.350 e. The zero-order chi connectivity index (χ0) is 13.7. The summed E-state index contributed by atoms with van der Waals surface area (Å²) < 4.78 is 0. The van der Waals surface area contributed by atoms with Crippen molar-refractivity contribution in [3.05, 3.63) is 30.1 Å². The monoisotopic (exact) mass is 261 g/mol. The summed E-state index contributed by atoms with van der Waals surface area (Å²) in [5, 5.41) is 3.01. The zero-order valence-corrected chi connectivity index (χ0v) is 11.8. The van der Waals surface area contributed by atoms with Crippen molar-refractivity contribution in [3.63, 3.8) is 0 Å². The van der Waals surface area contributed by atoms with Crippen LogP contribution in [0.1, 0.15) is 43.5 Å². The third-order valence-corrected chi connectivity index (χ3v) is 3.92. The summed E-state index contributed by atoms with van der Waals surface area (Å²) in [4.78, 5) is 18.4. The highest BCUT2D eigenvalue weighted by molar-refractivity contribution is 5.93. The Morgan fingerprint density at radius 1 is 1.47 bits per heavy atom. The fourth-order valence-corrected chi connectivity index (χ4v) is 2.74. The molecular weight excluding hydrogens is 238 g/mol. The smallest absolute Gasteiger partial charge is 0.251 e. The lowest BCUT2D eigenvalue weighted by atomic mass is 10.0. The van der Waals surface area contributed by atoms with Crippen LogP contribution in [-0.2, 0) is 0 Å². The minimum atomic E-state index is -0.0149. The maximum Gasteiger partial charge on any atom is 0.251 e. The molecule has 2 rings (SSSR count). The van der Waals surface area contributed by atoms with E-state index in [-0.39, 0.29) is 5.91 Å². The van der Waals surface area contributed by atoms with E-state index in [0.29, 0.717) is 24.2 Å². The molecule has 2 atom stereocenters. The Morgan fingerprint density at radius 3 is 2.89 bits per heavy atom. The molecule has 19 heavy (non-hydrogen) atoms. The molecule has 0 bridgehead atoms. The molecule has 1 amide bonds. The van der Waals surface area contributed by atoms with Gasteiger partial charge < -0.3 is 5.32 Å². The highest BCUT2D eigenvalue weighted by Crippen LogP contribution is 2.18. The molecule has 2 heterocycles. The van der Waals surface area contributed by atoms with Gasteiger partial charge in [-0.2, -0.15) is 0 Å². The molecule has 0 aromatic carbocycles. The van der Waals surface area contributed by atoms with Crippen LogP contribution in [0.15, 0.2) is 24.5 Å². The van der Waals surface area contributed by atoms with E-state index in [1.807, 2.05) is 0 Å². The van der Waals surface area contributed by atoms with Crippen LogP contribution < -0.4 is 5.32 Å². The summed E-state index contributed by atoms with van der Waals surface area (Å²) >= 11 is 0. The van der Waals surface area contributed by atoms with E-state index in [0.717, 1.165) is 6.54 Å². The van der Waals surface area contributed by atoms with Gasteiger partial charge in [-0.25, -0.2) is 0 Å². The quantitative estimate of drug-likeness (QED) is 0.902. The van der Waals surface area contributed by atoms with Crippen LogP contribution in [0.4, 0.5) is 0 Å². The number of rotatable bonds is 4. The average molecular weight is 261 g/mol. The summed E-state index contributed by atoms with van der Waals surface area (Å²) in [7, 11) is 0. The fraction of sp³-hybridized carbons (Fsp3) is 0.600. The predicted molar refractivity (Wildman–Crippen MR) is 76.1 cm³/mol. The summed E-state index contributed by atoms with van der Waals surface area (Å²) in [5.41, 5.74) is 0.675. The van der Waals surface area contributed by atoms with Gasteiger partial charge in [0, 0.05) is 36.6 Å². The molecule has 1 saturated heterocycles. The van der Waals surface area contributed by atoms with Gasteiger partial charge in [0.2, 0.25) is 0 Å². The first kappa shape index (κ1) is 14.0. The molecule has 0 unspecified atom stereocenters. The van der Waals surface area contributed by atoms with Gasteiger partial charge in [0.05, 0.1) is 0 Å². The predicted octanol–water partition coefficient (Wildman–Crippen LogP) is 2.07. The molecule has 4 nitrogen and oxygen atoms in total. The number of aromatic nitrogens is 1. The minimum absolute atomic E-state index is 0.0149. The van der Waals surface area contributed by atoms with E-state index in [9.17, 15) is 4.79 Å². The maximum atomic E-state index is 12.0. The van der Waals surface area contributed by atoms with Crippen LogP contribution in [0.25, 0.3) is 0 Å². The molecule has 1 fully saturated rings. The number of amides is 1. The Bertz CT molecular complexity index is 407. The molecule has 0 aliphatic carbocycles. The van der Waals surface area contributed by atoms with Gasteiger partial charge >= 0.3 is 0 Å². The third-order valence-electron chi connectivity index (χ3n) is 3.92. The third kappa shape index (κ3) is 3.77. The fourth-order valence-electron chi connectivity index (χ4n) is 2.74. The van der Waals surface area contributed by atoms with Crippen LogP contribution in [0.5, 0.6) is 0 Å². The van der Waals surface area contributed by atoms with Crippen molar-refractivity contribution in [1.82, 2.24) is 15.2 Å². The zero-order valence-electron chi connectivity index (χ0n) is 11.8. The molecule has 4 heteroatoms. The van der Waals surface area contributed by atoms with Crippen LogP contribution in [0.3, 0.4) is 0 Å². The summed E-state index contributed by atoms with van der Waals surface area (Å²) in [5.74, 6) is -0.0149. The van der Waals surface area contributed by atoms with E-state index >= 15 is 0 Å². The highest BCUT2D eigenvalue weighted by Gasteiger charge is 2.23. The molecule has 1 N–H and O–H groups in total. The second-order valence-electron chi connectivity index (χ2n) is 5.38. The maximum absolute atomic E-state index is 12.0. The van der Waals surface area contributed by atoms with Crippen molar-refractivity contribution in [3.8, 4) is 0 Å². The van der Waals surface area contributed by atoms with E-state index in [2.05, 4.69) is 29.0 Å².